The van der Waals surface area contributed by atoms with Crippen LogP contribution in [0.15, 0.2) is 276 Å². The number of fused-ring (bicyclic) bond motifs is 16. The Labute approximate surface area is 497 Å². The van der Waals surface area contributed by atoms with Crippen LogP contribution in [-0.4, -0.2) is 9.13 Å². The lowest BCUT2D eigenvalue weighted by molar-refractivity contribution is 0.664. The Morgan fingerprint density at radius 2 is 0.605 bits per heavy atom. The summed E-state index contributed by atoms with van der Waals surface area (Å²) in [6, 6.07) is 97.4. The van der Waals surface area contributed by atoms with Gasteiger partial charge in [0.1, 0.15) is 22.3 Å². The van der Waals surface area contributed by atoms with Gasteiger partial charge in [0.05, 0.1) is 33.4 Å². The van der Waals surface area contributed by atoms with E-state index in [1.165, 1.54) is 43.7 Å². The highest BCUT2D eigenvalue weighted by Crippen LogP contribution is 2.50. The van der Waals surface area contributed by atoms with E-state index < -0.39 is 0 Å². The topological polar surface area (TPSA) is 42.6 Å². The Morgan fingerprint density at radius 1 is 0.267 bits per heavy atom. The van der Waals surface area contributed by atoms with Gasteiger partial charge in [-0.15, -0.1) is 0 Å². The summed E-state index contributed by atoms with van der Waals surface area (Å²) in [6.45, 7) is 9.01. The number of hydrogen-bond donors (Lipinski definition) is 0. The average molecular weight is 1110 g/mol. The van der Waals surface area contributed by atoms with Crippen LogP contribution in [-0.2, 0) is 0 Å². The molecule has 0 atom stereocenters. The molecule has 0 bridgehead atoms. The molecular formula is C80H58N4O2. The van der Waals surface area contributed by atoms with Crippen molar-refractivity contribution in [2.45, 2.75) is 39.5 Å². The number of furan rings is 2. The van der Waals surface area contributed by atoms with Crippen LogP contribution in [0.2, 0.25) is 0 Å². The molecule has 0 spiro atoms. The van der Waals surface area contributed by atoms with E-state index >= 15 is 0 Å². The van der Waals surface area contributed by atoms with Gasteiger partial charge in [0, 0.05) is 100 Å². The van der Waals surface area contributed by atoms with E-state index in [0.717, 1.165) is 122 Å². The Hall–Kier alpha value is -10.8. The number of para-hydroxylation sites is 4. The van der Waals surface area contributed by atoms with Crippen LogP contribution in [0.4, 0.5) is 34.1 Å². The van der Waals surface area contributed by atoms with E-state index in [4.69, 9.17) is 8.83 Å². The van der Waals surface area contributed by atoms with E-state index in [-0.39, 0.29) is 0 Å². The minimum Gasteiger partial charge on any atom is -0.456 e. The molecule has 4 heterocycles. The van der Waals surface area contributed by atoms with E-state index in [1.54, 1.807) is 0 Å². The predicted octanol–water partition coefficient (Wildman–Crippen LogP) is 23.2. The van der Waals surface area contributed by atoms with Gasteiger partial charge in [-0.05, 0) is 143 Å². The van der Waals surface area contributed by atoms with Crippen LogP contribution in [0.25, 0.3) is 120 Å². The lowest BCUT2D eigenvalue weighted by Crippen LogP contribution is -2.11. The van der Waals surface area contributed by atoms with Gasteiger partial charge < -0.3 is 27.8 Å². The SMILES string of the molecule is CC(C)c1ccc(N(c2ccc3c(c2)c2ccccc2n3-c2ccccc2)c2cc3oc4cc5c(cc4c3c3ccccc23)oc2cc(N(c3ccc(C(C)C)cc3)c3ccc4c(c3)c3ccccc3n4-c3ccccc3)c3ccccc3c25)cc1. The summed E-state index contributed by atoms with van der Waals surface area (Å²) in [5.74, 6) is 0.792. The molecule has 6 heteroatoms. The highest BCUT2D eigenvalue weighted by Gasteiger charge is 2.26. The van der Waals surface area contributed by atoms with Crippen molar-refractivity contribution in [1.82, 2.24) is 9.13 Å². The highest BCUT2D eigenvalue weighted by molar-refractivity contribution is 6.28. The first-order valence-corrected chi connectivity index (χ1v) is 29.9. The normalized spacial score (nSPS) is 12.2. The maximum atomic E-state index is 7.21. The van der Waals surface area contributed by atoms with Gasteiger partial charge in [-0.3, -0.25) is 0 Å². The first-order valence-electron chi connectivity index (χ1n) is 29.9. The molecule has 0 unspecified atom stereocenters. The van der Waals surface area contributed by atoms with E-state index in [1.807, 2.05) is 0 Å². The molecule has 17 rings (SSSR count). The number of anilines is 6. The fourth-order valence-electron chi connectivity index (χ4n) is 13.9. The summed E-state index contributed by atoms with van der Waals surface area (Å²) in [5, 5.41) is 13.4. The van der Waals surface area contributed by atoms with Crippen molar-refractivity contribution in [2.75, 3.05) is 9.80 Å². The quantitative estimate of drug-likeness (QED) is 0.137. The summed E-state index contributed by atoms with van der Waals surface area (Å²) < 4.78 is 19.2. The highest BCUT2D eigenvalue weighted by atomic mass is 16.3. The van der Waals surface area contributed by atoms with Crippen LogP contribution in [0.1, 0.15) is 50.7 Å². The van der Waals surface area contributed by atoms with Gasteiger partial charge in [0.25, 0.3) is 0 Å². The van der Waals surface area contributed by atoms with Crippen molar-refractivity contribution in [3.8, 4) is 11.4 Å². The second-order valence-electron chi connectivity index (χ2n) is 23.6. The molecule has 0 aliphatic carbocycles. The lowest BCUT2D eigenvalue weighted by Gasteiger charge is -2.27. The average Bonchev–Trinajstić information content (AvgIpc) is 1.92. The molecule has 86 heavy (non-hydrogen) atoms. The van der Waals surface area contributed by atoms with Crippen molar-refractivity contribution in [2.24, 2.45) is 0 Å². The van der Waals surface area contributed by atoms with Crippen LogP contribution in [0.5, 0.6) is 0 Å². The minimum atomic E-state index is 0.396. The van der Waals surface area contributed by atoms with Gasteiger partial charge in [-0.25, -0.2) is 0 Å². The third-order valence-electron chi connectivity index (χ3n) is 18.0. The van der Waals surface area contributed by atoms with Gasteiger partial charge in [0.15, 0.2) is 0 Å². The zero-order chi connectivity index (χ0) is 57.3. The first-order chi connectivity index (χ1) is 42.3. The van der Waals surface area contributed by atoms with Crippen LogP contribution in [0, 0.1) is 0 Å². The Balaban J connectivity index is 0.855. The van der Waals surface area contributed by atoms with Gasteiger partial charge >= 0.3 is 0 Å². The summed E-state index contributed by atoms with van der Waals surface area (Å²) >= 11 is 0. The fraction of sp³-hybridized carbons (Fsp3) is 0.0750. The molecular weight excluding hydrogens is 1050 g/mol. The maximum Gasteiger partial charge on any atom is 0.138 e. The first kappa shape index (κ1) is 49.8. The zero-order valence-corrected chi connectivity index (χ0v) is 48.2. The van der Waals surface area contributed by atoms with E-state index in [9.17, 15) is 0 Å². The number of aromatic nitrogens is 2. The third-order valence-corrected chi connectivity index (χ3v) is 18.0. The molecule has 17 aromatic rings. The lowest BCUT2D eigenvalue weighted by atomic mass is 9.98. The number of hydrogen-bond acceptors (Lipinski definition) is 4. The molecule has 0 aliphatic rings. The molecule has 4 aromatic heterocycles. The Kier molecular flexibility index (Phi) is 11.2. The third kappa shape index (κ3) is 7.65. The predicted molar refractivity (Wildman–Crippen MR) is 362 cm³/mol. The summed E-state index contributed by atoms with van der Waals surface area (Å²) in [6.07, 6.45) is 0. The molecule has 0 fully saturated rings. The summed E-state index contributed by atoms with van der Waals surface area (Å²) in [5.41, 5.74) is 19.1. The summed E-state index contributed by atoms with van der Waals surface area (Å²) in [4.78, 5) is 4.83. The second kappa shape index (κ2) is 19.4. The van der Waals surface area contributed by atoms with Gasteiger partial charge in [-0.2, -0.15) is 0 Å². The van der Waals surface area contributed by atoms with Gasteiger partial charge in [-0.1, -0.05) is 173 Å². The molecule has 6 nitrogen and oxygen atoms in total. The number of rotatable bonds is 10. The minimum absolute atomic E-state index is 0.396. The van der Waals surface area contributed by atoms with Crippen molar-refractivity contribution >= 4 is 143 Å². The number of benzene rings is 13. The van der Waals surface area contributed by atoms with Crippen LogP contribution in [0.3, 0.4) is 0 Å². The van der Waals surface area contributed by atoms with Crippen molar-refractivity contribution in [3.05, 3.63) is 278 Å². The Morgan fingerprint density at radius 3 is 1.00 bits per heavy atom. The maximum absolute atomic E-state index is 7.21. The van der Waals surface area contributed by atoms with Crippen LogP contribution < -0.4 is 9.80 Å². The standard InChI is InChI=1S/C80H58N4O2/c1-49(2)51-31-35-55(36-32-51)81(57-39-41-71-65(43-57)61-25-15-17-29-69(61)83(71)53-19-7-5-8-20-53)73-47-77-79(63-27-13-11-23-59(63)73)67-45-76-68(46-75(67)85-77)80-64-28-14-12-24-60(64)74(48-78(80)86-76)82(56-37-33-52(34-38-56)50(3)4)58-40-42-72-66(44-58)62-26-16-18-30-70(62)84(72)54-21-9-6-10-22-54/h5-50H,1-4H3. The van der Waals surface area contributed by atoms with Crippen molar-refractivity contribution < 1.29 is 8.83 Å². The van der Waals surface area contributed by atoms with E-state index in [0.29, 0.717) is 11.8 Å². The molecule has 0 aliphatic heterocycles. The summed E-state index contributed by atoms with van der Waals surface area (Å²) in [7, 11) is 0. The molecule has 0 amide bonds. The smallest absolute Gasteiger partial charge is 0.138 e. The van der Waals surface area contributed by atoms with Gasteiger partial charge in [0.2, 0.25) is 0 Å². The Bertz CT molecular complexity index is 5190. The second-order valence-corrected chi connectivity index (χ2v) is 23.6. The monoisotopic (exact) mass is 1110 g/mol. The molecule has 0 N–H and O–H groups in total. The number of nitrogens with zero attached hydrogens (tertiary/aromatic N) is 4. The molecule has 0 saturated carbocycles. The van der Waals surface area contributed by atoms with E-state index in [2.05, 4.69) is 314 Å². The molecule has 13 aromatic carbocycles. The largest absolute Gasteiger partial charge is 0.456 e. The molecule has 410 valence electrons. The molecule has 0 saturated heterocycles. The molecule has 0 radical (unpaired) electrons. The van der Waals surface area contributed by atoms with Crippen LogP contribution >= 0.6 is 0 Å². The van der Waals surface area contributed by atoms with Crippen molar-refractivity contribution in [3.63, 3.8) is 0 Å². The zero-order valence-electron chi connectivity index (χ0n) is 48.2. The van der Waals surface area contributed by atoms with Crippen molar-refractivity contribution in [1.29, 1.82) is 0 Å². The fourth-order valence-corrected chi connectivity index (χ4v) is 13.9.